The lowest BCUT2D eigenvalue weighted by Crippen LogP contribution is -2.31. The van der Waals surface area contributed by atoms with Crippen LogP contribution in [0.4, 0.5) is 0 Å². The molecule has 86 valence electrons. The molecular weight excluding hydrogens is 204 g/mol. The molecule has 1 fully saturated rings. The van der Waals surface area contributed by atoms with Gasteiger partial charge in [0.05, 0.1) is 5.41 Å². The zero-order valence-electron chi connectivity index (χ0n) is 9.39. The molecule has 0 aromatic carbocycles. The number of carboxylic acids is 1. The molecule has 0 bridgehead atoms. The van der Waals surface area contributed by atoms with Crippen LogP contribution in [0.2, 0.25) is 0 Å². The van der Waals surface area contributed by atoms with Crippen molar-refractivity contribution in [3.05, 3.63) is 30.1 Å². The molecule has 1 unspecified atom stereocenters. The zero-order chi connectivity index (χ0) is 11.6. The molecule has 2 rings (SSSR count). The van der Waals surface area contributed by atoms with Gasteiger partial charge in [0.25, 0.3) is 0 Å². The van der Waals surface area contributed by atoms with Crippen molar-refractivity contribution < 1.29 is 9.90 Å². The van der Waals surface area contributed by atoms with Gasteiger partial charge in [0.15, 0.2) is 0 Å². The van der Waals surface area contributed by atoms with Crippen molar-refractivity contribution in [1.82, 2.24) is 9.88 Å². The Morgan fingerprint density at radius 1 is 1.56 bits per heavy atom. The van der Waals surface area contributed by atoms with Gasteiger partial charge < -0.3 is 5.11 Å². The fraction of sp³-hybridized carbons (Fsp3) is 0.500. The number of hydrogen-bond donors (Lipinski definition) is 1. The summed E-state index contributed by atoms with van der Waals surface area (Å²) in [6.45, 7) is 4.11. The highest BCUT2D eigenvalue weighted by atomic mass is 16.4. The van der Waals surface area contributed by atoms with E-state index < -0.39 is 11.4 Å². The summed E-state index contributed by atoms with van der Waals surface area (Å²) in [4.78, 5) is 17.2. The molecule has 0 radical (unpaired) electrons. The standard InChI is InChI=1S/C12H16N2O2/c1-12(11(15)16)4-7-14(9-12)8-10-2-5-13-6-3-10/h2-3,5-6H,4,7-9H2,1H3,(H,15,16). The Morgan fingerprint density at radius 3 is 2.81 bits per heavy atom. The summed E-state index contributed by atoms with van der Waals surface area (Å²) in [5.74, 6) is -0.690. The molecule has 0 aliphatic carbocycles. The minimum atomic E-state index is -0.690. The Bertz CT molecular complexity index is 380. The monoisotopic (exact) mass is 220 g/mol. The normalized spacial score (nSPS) is 25.8. The highest BCUT2D eigenvalue weighted by Gasteiger charge is 2.40. The summed E-state index contributed by atoms with van der Waals surface area (Å²) in [5, 5.41) is 9.12. The van der Waals surface area contributed by atoms with E-state index in [2.05, 4.69) is 9.88 Å². The summed E-state index contributed by atoms with van der Waals surface area (Å²) in [6, 6.07) is 3.94. The van der Waals surface area contributed by atoms with Crippen molar-refractivity contribution in [1.29, 1.82) is 0 Å². The second-order valence-corrected chi connectivity index (χ2v) is 4.68. The van der Waals surface area contributed by atoms with E-state index >= 15 is 0 Å². The predicted octanol–water partition coefficient (Wildman–Crippen LogP) is 1.38. The third-order valence-electron chi connectivity index (χ3n) is 3.22. The van der Waals surface area contributed by atoms with Crippen LogP contribution in [-0.2, 0) is 11.3 Å². The van der Waals surface area contributed by atoms with Crippen molar-refractivity contribution in [2.75, 3.05) is 13.1 Å². The van der Waals surface area contributed by atoms with Crippen LogP contribution < -0.4 is 0 Å². The highest BCUT2D eigenvalue weighted by molar-refractivity contribution is 5.74. The fourth-order valence-electron chi connectivity index (χ4n) is 2.11. The summed E-state index contributed by atoms with van der Waals surface area (Å²) in [6.07, 6.45) is 4.26. The molecule has 1 N–H and O–H groups in total. The number of carbonyl (C=O) groups is 1. The molecule has 1 aliphatic heterocycles. The molecule has 0 amide bonds. The molecule has 0 spiro atoms. The van der Waals surface area contributed by atoms with Crippen molar-refractivity contribution >= 4 is 5.97 Å². The number of nitrogens with zero attached hydrogens (tertiary/aromatic N) is 2. The van der Waals surface area contributed by atoms with Crippen LogP contribution in [0.5, 0.6) is 0 Å². The van der Waals surface area contributed by atoms with Crippen molar-refractivity contribution in [3.8, 4) is 0 Å². The van der Waals surface area contributed by atoms with Gasteiger partial charge in [-0.1, -0.05) is 0 Å². The van der Waals surface area contributed by atoms with Crippen LogP contribution >= 0.6 is 0 Å². The molecule has 16 heavy (non-hydrogen) atoms. The number of hydrogen-bond acceptors (Lipinski definition) is 3. The van der Waals surface area contributed by atoms with Gasteiger partial charge in [-0.15, -0.1) is 0 Å². The van der Waals surface area contributed by atoms with Crippen LogP contribution in [0.3, 0.4) is 0 Å². The number of carboxylic acid groups (broad SMARTS) is 1. The number of rotatable bonds is 3. The van der Waals surface area contributed by atoms with E-state index in [1.807, 2.05) is 19.1 Å². The van der Waals surface area contributed by atoms with Gasteiger partial charge in [0.2, 0.25) is 0 Å². The fourth-order valence-corrected chi connectivity index (χ4v) is 2.11. The first-order valence-electron chi connectivity index (χ1n) is 5.45. The Kier molecular flexibility index (Phi) is 2.92. The topological polar surface area (TPSA) is 53.4 Å². The van der Waals surface area contributed by atoms with Gasteiger partial charge in [-0.05, 0) is 37.6 Å². The van der Waals surface area contributed by atoms with Gasteiger partial charge >= 0.3 is 5.97 Å². The summed E-state index contributed by atoms with van der Waals surface area (Å²) >= 11 is 0. The Morgan fingerprint density at radius 2 is 2.25 bits per heavy atom. The van der Waals surface area contributed by atoms with Crippen LogP contribution in [0, 0.1) is 5.41 Å². The average molecular weight is 220 g/mol. The zero-order valence-corrected chi connectivity index (χ0v) is 9.39. The maximum Gasteiger partial charge on any atom is 0.310 e. The molecule has 1 aromatic rings. The lowest BCUT2D eigenvalue weighted by molar-refractivity contribution is -0.147. The summed E-state index contributed by atoms with van der Waals surface area (Å²) in [7, 11) is 0. The lowest BCUT2D eigenvalue weighted by atomic mass is 9.90. The molecule has 1 aliphatic rings. The Hall–Kier alpha value is -1.42. The number of aliphatic carboxylic acids is 1. The molecule has 1 atom stereocenters. The Balaban J connectivity index is 1.98. The maximum atomic E-state index is 11.1. The van der Waals surface area contributed by atoms with E-state index in [1.54, 1.807) is 12.4 Å². The largest absolute Gasteiger partial charge is 0.481 e. The van der Waals surface area contributed by atoms with Crippen molar-refractivity contribution in [2.45, 2.75) is 19.9 Å². The molecule has 4 nitrogen and oxygen atoms in total. The maximum absolute atomic E-state index is 11.1. The molecule has 1 aromatic heterocycles. The second-order valence-electron chi connectivity index (χ2n) is 4.68. The van der Waals surface area contributed by atoms with E-state index in [0.717, 1.165) is 19.5 Å². The minimum Gasteiger partial charge on any atom is -0.481 e. The lowest BCUT2D eigenvalue weighted by Gasteiger charge is -2.19. The minimum absolute atomic E-state index is 0.576. The predicted molar refractivity (Wildman–Crippen MR) is 59.9 cm³/mol. The molecule has 1 saturated heterocycles. The highest BCUT2D eigenvalue weighted by Crippen LogP contribution is 2.30. The number of pyridine rings is 1. The molecule has 4 heteroatoms. The first-order valence-corrected chi connectivity index (χ1v) is 5.45. The quantitative estimate of drug-likeness (QED) is 0.836. The van der Waals surface area contributed by atoms with Crippen LogP contribution in [0.25, 0.3) is 0 Å². The van der Waals surface area contributed by atoms with Gasteiger partial charge in [-0.25, -0.2) is 0 Å². The van der Waals surface area contributed by atoms with Crippen molar-refractivity contribution in [2.24, 2.45) is 5.41 Å². The molecule has 0 saturated carbocycles. The van der Waals surface area contributed by atoms with E-state index in [9.17, 15) is 4.79 Å². The second kappa shape index (κ2) is 4.22. The van der Waals surface area contributed by atoms with E-state index in [1.165, 1.54) is 5.56 Å². The van der Waals surface area contributed by atoms with Crippen LogP contribution in [0.15, 0.2) is 24.5 Å². The third kappa shape index (κ3) is 2.22. The van der Waals surface area contributed by atoms with E-state index in [4.69, 9.17) is 5.11 Å². The average Bonchev–Trinajstić information content (AvgIpc) is 2.63. The summed E-state index contributed by atoms with van der Waals surface area (Å²) in [5.41, 5.74) is 0.608. The summed E-state index contributed by atoms with van der Waals surface area (Å²) < 4.78 is 0. The molecular formula is C12H16N2O2. The first kappa shape index (κ1) is 11.1. The van der Waals surface area contributed by atoms with Gasteiger partial charge in [0, 0.05) is 25.5 Å². The Labute approximate surface area is 94.9 Å². The number of likely N-dealkylation sites (tertiary alicyclic amines) is 1. The van der Waals surface area contributed by atoms with E-state index in [0.29, 0.717) is 6.54 Å². The van der Waals surface area contributed by atoms with Crippen molar-refractivity contribution in [3.63, 3.8) is 0 Å². The van der Waals surface area contributed by atoms with Gasteiger partial charge in [-0.2, -0.15) is 0 Å². The van der Waals surface area contributed by atoms with E-state index in [-0.39, 0.29) is 0 Å². The van der Waals surface area contributed by atoms with Crippen LogP contribution in [0.1, 0.15) is 18.9 Å². The third-order valence-corrected chi connectivity index (χ3v) is 3.22. The smallest absolute Gasteiger partial charge is 0.310 e. The van der Waals surface area contributed by atoms with Crippen LogP contribution in [-0.4, -0.2) is 34.0 Å². The first-order chi connectivity index (χ1) is 7.60. The number of aromatic nitrogens is 1. The molecule has 2 heterocycles. The SMILES string of the molecule is CC1(C(=O)O)CCN(Cc2ccncc2)C1. The van der Waals surface area contributed by atoms with Gasteiger partial charge in [-0.3, -0.25) is 14.7 Å². The van der Waals surface area contributed by atoms with Gasteiger partial charge in [0.1, 0.15) is 0 Å².